The van der Waals surface area contributed by atoms with Crippen LogP contribution in [0.5, 0.6) is 0 Å². The zero-order valence-corrected chi connectivity index (χ0v) is 11.8. The minimum absolute atomic E-state index is 0.0105. The Morgan fingerprint density at radius 2 is 2.37 bits per heavy atom. The fourth-order valence-corrected chi connectivity index (χ4v) is 2.72. The second kappa shape index (κ2) is 6.24. The van der Waals surface area contributed by atoms with Gasteiger partial charge in [0.15, 0.2) is 0 Å². The van der Waals surface area contributed by atoms with Crippen LogP contribution in [0.4, 0.5) is 5.69 Å². The number of pyridine rings is 1. The van der Waals surface area contributed by atoms with E-state index in [1.165, 1.54) is 18.7 Å². The van der Waals surface area contributed by atoms with Crippen molar-refractivity contribution in [1.29, 1.82) is 0 Å². The highest BCUT2D eigenvalue weighted by Crippen LogP contribution is 2.29. The van der Waals surface area contributed by atoms with Gasteiger partial charge < -0.3 is 10.5 Å². The summed E-state index contributed by atoms with van der Waals surface area (Å²) in [5.41, 5.74) is 6.27. The highest BCUT2D eigenvalue weighted by atomic mass is 35.5. The SMILES string of the molecule is CCC1CCCC(OC(=O)c2cc(N)cnc2Cl)C1. The Hall–Kier alpha value is -1.29. The number of nitrogens with zero attached hydrogens (tertiary/aromatic N) is 1. The van der Waals surface area contributed by atoms with Gasteiger partial charge in [0.05, 0.1) is 17.4 Å². The van der Waals surface area contributed by atoms with Crippen molar-refractivity contribution in [2.45, 2.75) is 45.1 Å². The largest absolute Gasteiger partial charge is 0.459 e. The average molecular weight is 283 g/mol. The van der Waals surface area contributed by atoms with Gasteiger partial charge in [0.25, 0.3) is 0 Å². The van der Waals surface area contributed by atoms with E-state index in [2.05, 4.69) is 11.9 Å². The fraction of sp³-hybridized carbons (Fsp3) is 0.571. The molecule has 19 heavy (non-hydrogen) atoms. The van der Waals surface area contributed by atoms with Crippen LogP contribution < -0.4 is 5.73 Å². The molecule has 2 N–H and O–H groups in total. The molecule has 1 aliphatic rings. The first-order chi connectivity index (χ1) is 9.10. The van der Waals surface area contributed by atoms with Gasteiger partial charge in [-0.15, -0.1) is 0 Å². The minimum atomic E-state index is -0.424. The summed E-state index contributed by atoms with van der Waals surface area (Å²) in [6.07, 6.45) is 6.75. The average Bonchev–Trinajstić information content (AvgIpc) is 2.41. The van der Waals surface area contributed by atoms with Crippen LogP contribution in [0.3, 0.4) is 0 Å². The van der Waals surface area contributed by atoms with Gasteiger partial charge in [0, 0.05) is 0 Å². The molecular weight excluding hydrogens is 264 g/mol. The molecule has 0 spiro atoms. The van der Waals surface area contributed by atoms with Gasteiger partial charge in [0.2, 0.25) is 0 Å². The Morgan fingerprint density at radius 3 is 3.11 bits per heavy atom. The number of aromatic nitrogens is 1. The molecule has 1 aliphatic carbocycles. The Kier molecular flexibility index (Phi) is 4.64. The molecule has 1 aromatic heterocycles. The second-order valence-corrected chi connectivity index (χ2v) is 5.43. The number of halogens is 1. The zero-order chi connectivity index (χ0) is 13.8. The quantitative estimate of drug-likeness (QED) is 0.681. The lowest BCUT2D eigenvalue weighted by Crippen LogP contribution is -2.25. The Labute approximate surface area is 118 Å². The van der Waals surface area contributed by atoms with Crippen molar-refractivity contribution in [2.24, 2.45) is 5.92 Å². The minimum Gasteiger partial charge on any atom is -0.459 e. The van der Waals surface area contributed by atoms with Crippen LogP contribution in [0.1, 0.15) is 49.4 Å². The van der Waals surface area contributed by atoms with Crippen molar-refractivity contribution in [2.75, 3.05) is 5.73 Å². The molecule has 0 aliphatic heterocycles. The lowest BCUT2D eigenvalue weighted by molar-refractivity contribution is 0.0140. The van der Waals surface area contributed by atoms with Gasteiger partial charge in [-0.1, -0.05) is 31.4 Å². The Balaban J connectivity index is 2.02. The molecule has 2 atom stereocenters. The summed E-state index contributed by atoms with van der Waals surface area (Å²) in [5, 5.41) is 0.141. The number of anilines is 1. The van der Waals surface area contributed by atoms with E-state index >= 15 is 0 Å². The topological polar surface area (TPSA) is 65.2 Å². The molecule has 0 amide bonds. The maximum absolute atomic E-state index is 12.1. The third kappa shape index (κ3) is 3.60. The summed E-state index contributed by atoms with van der Waals surface area (Å²) in [6.45, 7) is 2.17. The van der Waals surface area contributed by atoms with Crippen molar-refractivity contribution in [3.05, 3.63) is 23.0 Å². The van der Waals surface area contributed by atoms with Crippen molar-refractivity contribution >= 4 is 23.3 Å². The van der Waals surface area contributed by atoms with Crippen LogP contribution >= 0.6 is 11.6 Å². The Morgan fingerprint density at radius 1 is 1.58 bits per heavy atom. The summed E-state index contributed by atoms with van der Waals surface area (Å²) in [4.78, 5) is 15.9. The number of hydrogen-bond donors (Lipinski definition) is 1. The monoisotopic (exact) mass is 282 g/mol. The first kappa shape index (κ1) is 14.1. The summed E-state index contributed by atoms with van der Waals surface area (Å²) < 4.78 is 5.53. The van der Waals surface area contributed by atoms with E-state index in [0.29, 0.717) is 11.6 Å². The van der Waals surface area contributed by atoms with Crippen LogP contribution in [0.2, 0.25) is 5.15 Å². The molecule has 1 heterocycles. The van der Waals surface area contributed by atoms with E-state index in [4.69, 9.17) is 22.1 Å². The van der Waals surface area contributed by atoms with E-state index in [0.717, 1.165) is 25.7 Å². The highest BCUT2D eigenvalue weighted by Gasteiger charge is 2.25. The molecule has 5 heteroatoms. The van der Waals surface area contributed by atoms with E-state index in [9.17, 15) is 4.79 Å². The molecule has 0 aromatic carbocycles. The van der Waals surface area contributed by atoms with Crippen LogP contribution in [0.25, 0.3) is 0 Å². The van der Waals surface area contributed by atoms with Crippen LogP contribution in [-0.2, 0) is 4.74 Å². The van der Waals surface area contributed by atoms with Gasteiger partial charge in [-0.2, -0.15) is 0 Å². The molecule has 0 saturated heterocycles. The van der Waals surface area contributed by atoms with Gasteiger partial charge >= 0.3 is 5.97 Å². The molecule has 104 valence electrons. The summed E-state index contributed by atoms with van der Waals surface area (Å²) in [5.74, 6) is 0.229. The molecule has 1 fully saturated rings. The molecule has 1 saturated carbocycles. The first-order valence-corrected chi connectivity index (χ1v) is 7.10. The fourth-order valence-electron chi connectivity index (χ4n) is 2.54. The van der Waals surface area contributed by atoms with Gasteiger partial charge in [-0.05, 0) is 31.2 Å². The standard InChI is InChI=1S/C14H19ClN2O2/c1-2-9-4-3-5-11(6-9)19-14(18)12-7-10(16)8-17-13(12)15/h7-9,11H,2-6,16H2,1H3. The van der Waals surface area contributed by atoms with Crippen molar-refractivity contribution in [1.82, 2.24) is 4.98 Å². The predicted molar refractivity (Wildman–Crippen MR) is 75.1 cm³/mol. The van der Waals surface area contributed by atoms with E-state index in [1.54, 1.807) is 0 Å². The first-order valence-electron chi connectivity index (χ1n) is 6.72. The maximum atomic E-state index is 12.1. The number of carbonyl (C=O) groups is 1. The number of ether oxygens (including phenoxy) is 1. The second-order valence-electron chi connectivity index (χ2n) is 5.08. The molecule has 1 aromatic rings. The number of hydrogen-bond acceptors (Lipinski definition) is 4. The van der Waals surface area contributed by atoms with Gasteiger partial charge in [0.1, 0.15) is 11.3 Å². The van der Waals surface area contributed by atoms with Crippen molar-refractivity contribution < 1.29 is 9.53 Å². The number of nitrogen functional groups attached to an aromatic ring is 1. The van der Waals surface area contributed by atoms with Crippen molar-refractivity contribution in [3.8, 4) is 0 Å². The normalized spacial score (nSPS) is 23.1. The number of nitrogens with two attached hydrogens (primary N) is 1. The lowest BCUT2D eigenvalue weighted by Gasteiger charge is -2.28. The van der Waals surface area contributed by atoms with Crippen LogP contribution in [0, 0.1) is 5.92 Å². The third-order valence-electron chi connectivity index (χ3n) is 3.67. The summed E-state index contributed by atoms with van der Waals surface area (Å²) in [6, 6.07) is 1.51. The van der Waals surface area contributed by atoms with Crippen LogP contribution in [-0.4, -0.2) is 17.1 Å². The smallest absolute Gasteiger partial charge is 0.341 e. The number of carbonyl (C=O) groups excluding carboxylic acids is 1. The predicted octanol–water partition coefficient (Wildman–Crippen LogP) is 3.44. The maximum Gasteiger partial charge on any atom is 0.341 e. The Bertz CT molecular complexity index is 465. The van der Waals surface area contributed by atoms with E-state index in [-0.39, 0.29) is 16.8 Å². The van der Waals surface area contributed by atoms with Crippen molar-refractivity contribution in [3.63, 3.8) is 0 Å². The third-order valence-corrected chi connectivity index (χ3v) is 3.97. The highest BCUT2D eigenvalue weighted by molar-refractivity contribution is 6.32. The van der Waals surface area contributed by atoms with Gasteiger partial charge in [-0.3, -0.25) is 0 Å². The zero-order valence-electron chi connectivity index (χ0n) is 11.1. The molecule has 0 radical (unpaired) electrons. The molecule has 0 bridgehead atoms. The summed E-state index contributed by atoms with van der Waals surface area (Å²) >= 11 is 5.90. The van der Waals surface area contributed by atoms with E-state index < -0.39 is 5.97 Å². The number of esters is 1. The molecule has 2 rings (SSSR count). The molecule has 2 unspecified atom stereocenters. The van der Waals surface area contributed by atoms with E-state index in [1.807, 2.05) is 0 Å². The molecule has 4 nitrogen and oxygen atoms in total. The summed E-state index contributed by atoms with van der Waals surface area (Å²) in [7, 11) is 0. The number of rotatable bonds is 3. The van der Waals surface area contributed by atoms with Crippen LogP contribution in [0.15, 0.2) is 12.3 Å². The molecular formula is C14H19ClN2O2. The lowest BCUT2D eigenvalue weighted by atomic mass is 9.85. The van der Waals surface area contributed by atoms with Gasteiger partial charge in [-0.25, -0.2) is 9.78 Å².